The molecule has 0 aromatic heterocycles. The lowest BCUT2D eigenvalue weighted by atomic mass is 10.00. The van der Waals surface area contributed by atoms with E-state index < -0.39 is 0 Å². The van der Waals surface area contributed by atoms with Gasteiger partial charge in [0, 0.05) is 32.7 Å². The molecule has 2 N–H and O–H groups in total. The molecule has 2 rings (SSSR count). The van der Waals surface area contributed by atoms with E-state index in [1.165, 1.54) is 45.2 Å². The summed E-state index contributed by atoms with van der Waals surface area (Å²) in [6.07, 6.45) is 7.47. The third kappa shape index (κ3) is 5.24. The van der Waals surface area contributed by atoms with Crippen LogP contribution in [-0.2, 0) is 4.79 Å². The molecule has 0 radical (unpaired) electrons. The average molecular weight is 296 g/mol. The van der Waals surface area contributed by atoms with E-state index >= 15 is 0 Å². The average Bonchev–Trinajstić information content (AvgIpc) is 2.54. The minimum atomic E-state index is 0.236. The Bertz CT molecular complexity index is 309. The van der Waals surface area contributed by atoms with Gasteiger partial charge in [0.15, 0.2) is 0 Å². The van der Waals surface area contributed by atoms with Gasteiger partial charge < -0.3 is 15.5 Å². The lowest BCUT2D eigenvalue weighted by Gasteiger charge is -2.40. The van der Waals surface area contributed by atoms with Gasteiger partial charge >= 0.3 is 0 Å². The highest BCUT2D eigenvalue weighted by atomic mass is 16.2. The molecule has 1 amide bonds. The molecule has 2 saturated heterocycles. The Hall–Kier alpha value is -0.650. The number of likely N-dealkylation sites (N-methyl/N-ethyl adjacent to an activating group) is 1. The highest BCUT2D eigenvalue weighted by Gasteiger charge is 2.26. The normalized spacial score (nSPS) is 22.4. The van der Waals surface area contributed by atoms with Crippen LogP contribution in [0.2, 0.25) is 0 Å². The molecule has 0 aromatic carbocycles. The molecule has 21 heavy (non-hydrogen) atoms. The number of likely N-dealkylation sites (tertiary alicyclic amines) is 2. The molecule has 5 heteroatoms. The van der Waals surface area contributed by atoms with Gasteiger partial charge in [0.05, 0.1) is 6.54 Å². The van der Waals surface area contributed by atoms with E-state index in [0.29, 0.717) is 13.1 Å². The summed E-state index contributed by atoms with van der Waals surface area (Å²) in [5, 5.41) is 0. The zero-order valence-electron chi connectivity index (χ0n) is 13.6. The van der Waals surface area contributed by atoms with Crippen LogP contribution in [0.3, 0.4) is 0 Å². The number of carbonyl (C=O) groups is 1. The van der Waals surface area contributed by atoms with Crippen molar-refractivity contribution in [1.29, 1.82) is 0 Å². The molecule has 2 fully saturated rings. The Labute approximate surface area is 129 Å². The summed E-state index contributed by atoms with van der Waals surface area (Å²) >= 11 is 0. The van der Waals surface area contributed by atoms with Crippen molar-refractivity contribution in [2.75, 3.05) is 52.9 Å². The lowest BCUT2D eigenvalue weighted by molar-refractivity contribution is -0.131. The maximum absolute atomic E-state index is 12.1. The smallest absolute Gasteiger partial charge is 0.236 e. The van der Waals surface area contributed by atoms with Crippen molar-refractivity contribution < 1.29 is 4.79 Å². The van der Waals surface area contributed by atoms with Crippen molar-refractivity contribution in [2.45, 2.75) is 44.6 Å². The Morgan fingerprint density at radius 2 is 1.81 bits per heavy atom. The van der Waals surface area contributed by atoms with Crippen molar-refractivity contribution >= 4 is 5.91 Å². The van der Waals surface area contributed by atoms with E-state index in [1.54, 1.807) is 0 Å². The van der Waals surface area contributed by atoms with E-state index in [0.717, 1.165) is 32.1 Å². The maximum atomic E-state index is 12.1. The summed E-state index contributed by atoms with van der Waals surface area (Å²) in [6.45, 7) is 6.71. The number of hydrogen-bond donors (Lipinski definition) is 1. The molecule has 0 bridgehead atoms. The highest BCUT2D eigenvalue weighted by molar-refractivity contribution is 5.77. The van der Waals surface area contributed by atoms with Gasteiger partial charge in [-0.2, -0.15) is 0 Å². The number of rotatable bonds is 6. The number of piperidine rings is 2. The zero-order valence-corrected chi connectivity index (χ0v) is 13.6. The van der Waals surface area contributed by atoms with Gasteiger partial charge in [-0.15, -0.1) is 0 Å². The van der Waals surface area contributed by atoms with Crippen LogP contribution in [0.4, 0.5) is 0 Å². The van der Waals surface area contributed by atoms with E-state index in [1.807, 2.05) is 11.9 Å². The third-order valence-electron chi connectivity index (χ3n) is 4.95. The van der Waals surface area contributed by atoms with E-state index in [2.05, 4.69) is 9.80 Å². The van der Waals surface area contributed by atoms with Crippen molar-refractivity contribution in [2.24, 2.45) is 5.73 Å². The SMILES string of the molecule is CN(CCCN)C(=O)CN1CCC(N2CCCCC2)CC1. The summed E-state index contributed by atoms with van der Waals surface area (Å²) in [5.74, 6) is 0.236. The minimum absolute atomic E-state index is 0.236. The summed E-state index contributed by atoms with van der Waals surface area (Å²) < 4.78 is 0. The van der Waals surface area contributed by atoms with Gasteiger partial charge in [0.1, 0.15) is 0 Å². The van der Waals surface area contributed by atoms with Crippen molar-refractivity contribution in [3.8, 4) is 0 Å². The second kappa shape index (κ2) is 8.71. The van der Waals surface area contributed by atoms with Gasteiger partial charge in [-0.1, -0.05) is 6.42 Å². The second-order valence-electron chi connectivity index (χ2n) is 6.56. The zero-order chi connectivity index (χ0) is 15.1. The first kappa shape index (κ1) is 16.7. The summed E-state index contributed by atoms with van der Waals surface area (Å²) in [7, 11) is 1.89. The van der Waals surface area contributed by atoms with Crippen LogP contribution in [0.1, 0.15) is 38.5 Å². The van der Waals surface area contributed by atoms with E-state index in [9.17, 15) is 4.79 Å². The highest BCUT2D eigenvalue weighted by Crippen LogP contribution is 2.20. The van der Waals surface area contributed by atoms with Gasteiger partial charge in [0.2, 0.25) is 5.91 Å². The number of hydrogen-bond acceptors (Lipinski definition) is 4. The van der Waals surface area contributed by atoms with Crippen molar-refractivity contribution in [3.63, 3.8) is 0 Å². The van der Waals surface area contributed by atoms with Crippen LogP contribution >= 0.6 is 0 Å². The molecule has 122 valence electrons. The topological polar surface area (TPSA) is 52.8 Å². The van der Waals surface area contributed by atoms with Gasteiger partial charge in [0.25, 0.3) is 0 Å². The predicted octanol–water partition coefficient (Wildman–Crippen LogP) is 0.744. The molecule has 0 unspecified atom stereocenters. The Balaban J connectivity index is 1.67. The molecule has 0 aliphatic carbocycles. The van der Waals surface area contributed by atoms with Gasteiger partial charge in [-0.25, -0.2) is 0 Å². The fourth-order valence-electron chi connectivity index (χ4n) is 3.49. The van der Waals surface area contributed by atoms with Crippen LogP contribution < -0.4 is 5.73 Å². The molecule has 0 atom stereocenters. The second-order valence-corrected chi connectivity index (χ2v) is 6.56. The molecular formula is C16H32N4O. The summed E-state index contributed by atoms with van der Waals surface area (Å²) in [5.41, 5.74) is 5.49. The van der Waals surface area contributed by atoms with Crippen molar-refractivity contribution in [3.05, 3.63) is 0 Å². The summed E-state index contributed by atoms with van der Waals surface area (Å²) in [6, 6.07) is 0.756. The number of nitrogens with zero attached hydrogens (tertiary/aromatic N) is 3. The fraction of sp³-hybridized carbons (Fsp3) is 0.938. The molecule has 2 heterocycles. The predicted molar refractivity (Wildman–Crippen MR) is 86.2 cm³/mol. The molecule has 5 nitrogen and oxygen atoms in total. The molecule has 0 spiro atoms. The molecule has 2 aliphatic rings. The molecule has 2 aliphatic heterocycles. The Kier molecular flexibility index (Phi) is 6.93. The maximum Gasteiger partial charge on any atom is 0.236 e. The standard InChI is InChI=1S/C16H32N4O/c1-18(9-5-8-17)16(21)14-19-12-6-15(7-13-19)20-10-3-2-4-11-20/h15H,2-14,17H2,1H3. The van der Waals surface area contributed by atoms with Gasteiger partial charge in [-0.3, -0.25) is 9.69 Å². The first-order valence-corrected chi connectivity index (χ1v) is 8.61. The molecular weight excluding hydrogens is 264 g/mol. The Morgan fingerprint density at radius 3 is 2.43 bits per heavy atom. The van der Waals surface area contributed by atoms with Crippen LogP contribution in [0.5, 0.6) is 0 Å². The van der Waals surface area contributed by atoms with E-state index in [-0.39, 0.29) is 5.91 Å². The third-order valence-corrected chi connectivity index (χ3v) is 4.95. The largest absolute Gasteiger partial charge is 0.345 e. The molecule has 0 saturated carbocycles. The quantitative estimate of drug-likeness (QED) is 0.786. The van der Waals surface area contributed by atoms with Gasteiger partial charge in [-0.05, 0) is 51.7 Å². The van der Waals surface area contributed by atoms with Crippen molar-refractivity contribution in [1.82, 2.24) is 14.7 Å². The summed E-state index contributed by atoms with van der Waals surface area (Å²) in [4.78, 5) is 19.0. The first-order valence-electron chi connectivity index (χ1n) is 8.61. The molecule has 0 aromatic rings. The number of amides is 1. The van der Waals surface area contributed by atoms with E-state index in [4.69, 9.17) is 5.73 Å². The minimum Gasteiger partial charge on any atom is -0.345 e. The number of nitrogens with two attached hydrogens (primary N) is 1. The van der Waals surface area contributed by atoms with Crippen LogP contribution in [0.25, 0.3) is 0 Å². The van der Waals surface area contributed by atoms with Crippen LogP contribution in [-0.4, -0.2) is 79.5 Å². The monoisotopic (exact) mass is 296 g/mol. The number of carbonyl (C=O) groups excluding carboxylic acids is 1. The fourth-order valence-corrected chi connectivity index (χ4v) is 3.49. The van der Waals surface area contributed by atoms with Crippen LogP contribution in [0.15, 0.2) is 0 Å². The lowest BCUT2D eigenvalue weighted by Crippen LogP contribution is -2.49. The van der Waals surface area contributed by atoms with Crippen LogP contribution in [0, 0.1) is 0 Å². The first-order chi connectivity index (χ1) is 10.2. The Morgan fingerprint density at radius 1 is 1.14 bits per heavy atom.